The van der Waals surface area contributed by atoms with Crippen molar-refractivity contribution in [2.45, 2.75) is 37.7 Å². The lowest BCUT2D eigenvalue weighted by molar-refractivity contribution is -0.118. The molecular weight excluding hydrogens is 304 g/mol. The molecule has 6 nitrogen and oxygen atoms in total. The smallest absolute Gasteiger partial charge is 0.226 e. The second-order valence-corrected chi connectivity index (χ2v) is 7.49. The summed E-state index contributed by atoms with van der Waals surface area (Å²) in [6.45, 7) is 4.41. The number of rotatable bonds is 5. The average Bonchev–Trinajstić information content (AvgIpc) is 2.50. The molecule has 0 spiro atoms. The molecule has 1 aromatic carbocycles. The number of hydrogen-bond donors (Lipinski definition) is 1. The van der Waals surface area contributed by atoms with Crippen LogP contribution >= 0.6 is 0 Å². The van der Waals surface area contributed by atoms with E-state index in [1.807, 2.05) is 6.92 Å². The first-order valence-electron chi connectivity index (χ1n) is 7.43. The largest absolute Gasteiger partial charge is 0.487 e. The number of amides is 1. The van der Waals surface area contributed by atoms with E-state index in [1.54, 1.807) is 17.9 Å². The van der Waals surface area contributed by atoms with Crippen LogP contribution in [0.15, 0.2) is 23.1 Å². The first-order valence-corrected chi connectivity index (χ1v) is 9.08. The van der Waals surface area contributed by atoms with Gasteiger partial charge in [-0.05, 0) is 38.1 Å². The van der Waals surface area contributed by atoms with Gasteiger partial charge in [0.05, 0.1) is 22.9 Å². The lowest BCUT2D eigenvalue weighted by atomic mass is 10.2. The van der Waals surface area contributed by atoms with Crippen LogP contribution in [0.5, 0.6) is 5.75 Å². The minimum Gasteiger partial charge on any atom is -0.487 e. The zero-order chi connectivity index (χ0) is 16.3. The van der Waals surface area contributed by atoms with E-state index < -0.39 is 9.84 Å². The molecule has 0 radical (unpaired) electrons. The van der Waals surface area contributed by atoms with Gasteiger partial charge < -0.3 is 15.4 Å². The Labute approximate surface area is 131 Å². The fraction of sp³-hybridized carbons (Fsp3) is 0.533. The number of benzene rings is 1. The van der Waals surface area contributed by atoms with Crippen LogP contribution in [0.4, 0.5) is 5.69 Å². The van der Waals surface area contributed by atoms with Crippen LogP contribution in [0.25, 0.3) is 0 Å². The fourth-order valence-corrected chi connectivity index (χ4v) is 3.78. The Morgan fingerprint density at radius 2 is 2.18 bits per heavy atom. The van der Waals surface area contributed by atoms with Crippen molar-refractivity contribution in [3.8, 4) is 5.75 Å². The van der Waals surface area contributed by atoms with E-state index in [4.69, 9.17) is 10.5 Å². The van der Waals surface area contributed by atoms with Crippen LogP contribution in [-0.4, -0.2) is 39.3 Å². The van der Waals surface area contributed by atoms with Crippen LogP contribution in [0.2, 0.25) is 0 Å². The first kappa shape index (κ1) is 16.8. The van der Waals surface area contributed by atoms with Crippen molar-refractivity contribution in [1.29, 1.82) is 0 Å². The Balaban J connectivity index is 2.42. The molecule has 1 unspecified atom stereocenters. The van der Waals surface area contributed by atoms with Crippen LogP contribution in [0, 0.1) is 0 Å². The van der Waals surface area contributed by atoms with Crippen molar-refractivity contribution >= 4 is 21.4 Å². The lowest BCUT2D eigenvalue weighted by Crippen LogP contribution is -2.42. The molecule has 0 aromatic heterocycles. The molecule has 122 valence electrons. The third kappa shape index (κ3) is 3.41. The van der Waals surface area contributed by atoms with Gasteiger partial charge in [0.15, 0.2) is 9.84 Å². The Morgan fingerprint density at radius 1 is 1.45 bits per heavy atom. The number of sulfone groups is 1. The zero-order valence-corrected chi connectivity index (χ0v) is 13.7. The van der Waals surface area contributed by atoms with Crippen molar-refractivity contribution in [2.24, 2.45) is 5.73 Å². The predicted octanol–water partition coefficient (Wildman–Crippen LogP) is 1.33. The van der Waals surface area contributed by atoms with Crippen LogP contribution in [-0.2, 0) is 14.6 Å². The molecule has 1 aliphatic rings. The number of carbonyl (C=O) groups excluding carboxylic acids is 1. The standard InChI is InChI=1S/C15H22N2O4S/c1-3-15(18)17-10-11(2)21-14-6-5-12(9-13(14)17)22(19,20)8-4-7-16/h5-6,9,11H,3-4,7-8,10,16H2,1-2H3. The molecule has 2 rings (SSSR count). The minimum atomic E-state index is -3.40. The highest BCUT2D eigenvalue weighted by Crippen LogP contribution is 2.36. The summed E-state index contributed by atoms with van der Waals surface area (Å²) in [4.78, 5) is 13.9. The predicted molar refractivity (Wildman–Crippen MR) is 84.9 cm³/mol. The summed E-state index contributed by atoms with van der Waals surface area (Å²) in [5.74, 6) is 0.493. The van der Waals surface area contributed by atoms with E-state index in [0.717, 1.165) is 0 Å². The maximum atomic E-state index is 12.3. The molecular formula is C15H22N2O4S. The van der Waals surface area contributed by atoms with E-state index in [1.165, 1.54) is 12.1 Å². The molecule has 0 fully saturated rings. The molecule has 1 amide bonds. The van der Waals surface area contributed by atoms with Crippen molar-refractivity contribution in [1.82, 2.24) is 0 Å². The molecule has 0 aliphatic carbocycles. The van der Waals surface area contributed by atoms with E-state index in [9.17, 15) is 13.2 Å². The van der Waals surface area contributed by atoms with Crippen LogP contribution < -0.4 is 15.4 Å². The number of hydrogen-bond acceptors (Lipinski definition) is 5. The second kappa shape index (κ2) is 6.66. The molecule has 22 heavy (non-hydrogen) atoms. The number of anilines is 1. The minimum absolute atomic E-state index is 0.00126. The summed E-state index contributed by atoms with van der Waals surface area (Å²) in [6.07, 6.45) is 0.642. The summed E-state index contributed by atoms with van der Waals surface area (Å²) >= 11 is 0. The van der Waals surface area contributed by atoms with Crippen molar-refractivity contribution in [3.05, 3.63) is 18.2 Å². The molecule has 1 aromatic rings. The van der Waals surface area contributed by atoms with Gasteiger partial charge in [-0.15, -0.1) is 0 Å². The quantitative estimate of drug-likeness (QED) is 0.882. The Morgan fingerprint density at radius 3 is 2.82 bits per heavy atom. The van der Waals surface area contributed by atoms with Crippen LogP contribution in [0.1, 0.15) is 26.7 Å². The van der Waals surface area contributed by atoms with Gasteiger partial charge in [0.25, 0.3) is 0 Å². The molecule has 0 saturated carbocycles. The molecule has 0 bridgehead atoms. The molecule has 7 heteroatoms. The zero-order valence-electron chi connectivity index (χ0n) is 12.9. The van der Waals surface area contributed by atoms with E-state index in [2.05, 4.69) is 0 Å². The SMILES string of the molecule is CCC(=O)N1CC(C)Oc2ccc(S(=O)(=O)CCCN)cc21. The monoisotopic (exact) mass is 326 g/mol. The summed E-state index contributed by atoms with van der Waals surface area (Å²) in [5, 5.41) is 0. The second-order valence-electron chi connectivity index (χ2n) is 5.38. The fourth-order valence-electron chi connectivity index (χ4n) is 2.43. The van der Waals surface area contributed by atoms with E-state index in [0.29, 0.717) is 37.4 Å². The normalized spacial score (nSPS) is 17.8. The van der Waals surface area contributed by atoms with Gasteiger partial charge in [0.2, 0.25) is 5.91 Å². The Hall–Kier alpha value is -1.60. The summed E-state index contributed by atoms with van der Waals surface area (Å²) in [6, 6.07) is 4.67. The van der Waals surface area contributed by atoms with Gasteiger partial charge in [0.1, 0.15) is 11.9 Å². The van der Waals surface area contributed by atoms with Crippen molar-refractivity contribution in [2.75, 3.05) is 23.7 Å². The number of ether oxygens (including phenoxy) is 1. The third-order valence-electron chi connectivity index (χ3n) is 3.57. The Bertz CT molecular complexity index is 658. The highest BCUT2D eigenvalue weighted by atomic mass is 32.2. The third-order valence-corrected chi connectivity index (χ3v) is 5.37. The summed E-state index contributed by atoms with van der Waals surface area (Å²) in [7, 11) is -3.40. The van der Waals surface area contributed by atoms with Gasteiger partial charge in [-0.2, -0.15) is 0 Å². The number of nitrogens with two attached hydrogens (primary N) is 1. The van der Waals surface area contributed by atoms with Gasteiger partial charge in [-0.3, -0.25) is 4.79 Å². The average molecular weight is 326 g/mol. The first-order chi connectivity index (χ1) is 10.4. The molecule has 1 aliphatic heterocycles. The van der Waals surface area contributed by atoms with Crippen molar-refractivity contribution in [3.63, 3.8) is 0 Å². The Kier molecular flexibility index (Phi) is 5.08. The lowest BCUT2D eigenvalue weighted by Gasteiger charge is -2.33. The summed E-state index contributed by atoms with van der Waals surface area (Å²) in [5.41, 5.74) is 5.91. The molecule has 1 atom stereocenters. The van der Waals surface area contributed by atoms with Gasteiger partial charge in [0, 0.05) is 6.42 Å². The topological polar surface area (TPSA) is 89.7 Å². The van der Waals surface area contributed by atoms with E-state index >= 15 is 0 Å². The molecule has 1 heterocycles. The number of nitrogens with zero attached hydrogens (tertiary/aromatic N) is 1. The molecule has 2 N–H and O–H groups in total. The molecule has 0 saturated heterocycles. The number of carbonyl (C=O) groups is 1. The van der Waals surface area contributed by atoms with Gasteiger partial charge in [-0.1, -0.05) is 6.92 Å². The summed E-state index contributed by atoms with van der Waals surface area (Å²) < 4.78 is 30.3. The number of fused-ring (bicyclic) bond motifs is 1. The van der Waals surface area contributed by atoms with Crippen LogP contribution in [0.3, 0.4) is 0 Å². The highest BCUT2D eigenvalue weighted by Gasteiger charge is 2.28. The van der Waals surface area contributed by atoms with E-state index in [-0.39, 0.29) is 22.7 Å². The van der Waals surface area contributed by atoms with Gasteiger partial charge in [-0.25, -0.2) is 8.42 Å². The maximum absolute atomic E-state index is 12.3. The van der Waals surface area contributed by atoms with Crippen molar-refractivity contribution < 1.29 is 17.9 Å². The van der Waals surface area contributed by atoms with Gasteiger partial charge >= 0.3 is 0 Å². The highest BCUT2D eigenvalue weighted by molar-refractivity contribution is 7.91. The maximum Gasteiger partial charge on any atom is 0.226 e.